The fourth-order valence-electron chi connectivity index (χ4n) is 2.74. The maximum absolute atomic E-state index is 12.5. The van der Waals surface area contributed by atoms with Crippen molar-refractivity contribution >= 4 is 11.9 Å². The van der Waals surface area contributed by atoms with E-state index < -0.39 is 6.04 Å². The average Bonchev–Trinajstić information content (AvgIpc) is 2.76. The molecule has 0 fully saturated rings. The summed E-state index contributed by atoms with van der Waals surface area (Å²) in [5.41, 5.74) is 3.37. The molecule has 2 aliphatic rings. The Hall–Kier alpha value is -2.56. The molecule has 3 rings (SSSR count). The number of carbonyl (C=O) groups excluding carboxylic acids is 2. The van der Waals surface area contributed by atoms with E-state index in [9.17, 15) is 9.59 Å². The highest BCUT2D eigenvalue weighted by molar-refractivity contribution is 6.01. The van der Waals surface area contributed by atoms with Crippen molar-refractivity contribution in [2.45, 2.75) is 13.0 Å². The van der Waals surface area contributed by atoms with Crippen LogP contribution >= 0.6 is 0 Å². The van der Waals surface area contributed by atoms with Crippen molar-refractivity contribution in [1.82, 2.24) is 15.5 Å². The first-order chi connectivity index (χ1) is 10.1. The van der Waals surface area contributed by atoms with E-state index in [1.54, 1.807) is 11.0 Å². The third-order valence-electron chi connectivity index (χ3n) is 3.78. The van der Waals surface area contributed by atoms with Crippen LogP contribution in [0.4, 0.5) is 4.79 Å². The topological polar surface area (TPSA) is 61.4 Å². The van der Waals surface area contributed by atoms with Crippen LogP contribution in [0.1, 0.15) is 17.2 Å². The van der Waals surface area contributed by atoms with Crippen molar-refractivity contribution < 1.29 is 9.59 Å². The lowest BCUT2D eigenvalue weighted by molar-refractivity contribution is -0.125. The molecular weight excluding hydrogens is 266 g/mol. The standard InChI is InChI=1S/C16H17N3O2/c1-3-8-19-9-12-13(15(19)20)14(18-16(21)17-12)11-6-4-10(2)5-7-11/h3-7,14H,1,8-9H2,2H3,(H2,17,18,21)/t14-/m1/s1. The zero-order valence-corrected chi connectivity index (χ0v) is 11.8. The highest BCUT2D eigenvalue weighted by Crippen LogP contribution is 2.32. The molecular formula is C16H17N3O2. The van der Waals surface area contributed by atoms with E-state index in [0.29, 0.717) is 24.4 Å². The Kier molecular flexibility index (Phi) is 3.25. The van der Waals surface area contributed by atoms with Gasteiger partial charge in [-0.25, -0.2) is 4.79 Å². The second-order valence-corrected chi connectivity index (χ2v) is 5.31. The Bertz CT molecular complexity index is 646. The van der Waals surface area contributed by atoms with Gasteiger partial charge < -0.3 is 15.5 Å². The molecule has 2 aliphatic heterocycles. The lowest BCUT2D eigenvalue weighted by Gasteiger charge is -2.25. The number of hydrogen-bond acceptors (Lipinski definition) is 2. The van der Waals surface area contributed by atoms with Gasteiger partial charge in [-0.2, -0.15) is 0 Å². The molecule has 21 heavy (non-hydrogen) atoms. The highest BCUT2D eigenvalue weighted by Gasteiger charge is 2.39. The third kappa shape index (κ3) is 2.31. The molecule has 0 aromatic heterocycles. The maximum Gasteiger partial charge on any atom is 0.319 e. The predicted octanol–water partition coefficient (Wildman–Crippen LogP) is 1.63. The SMILES string of the molecule is C=CCN1CC2=C(C1=O)[C@@H](c1ccc(C)cc1)NC(=O)N2. The number of urea groups is 1. The lowest BCUT2D eigenvalue weighted by atomic mass is 9.95. The van der Waals surface area contributed by atoms with Gasteiger partial charge in [-0.05, 0) is 12.5 Å². The quantitative estimate of drug-likeness (QED) is 0.828. The van der Waals surface area contributed by atoms with Gasteiger partial charge in [-0.3, -0.25) is 4.79 Å². The summed E-state index contributed by atoms with van der Waals surface area (Å²) in [4.78, 5) is 26.0. The second-order valence-electron chi connectivity index (χ2n) is 5.31. The van der Waals surface area contributed by atoms with Crippen molar-refractivity contribution in [1.29, 1.82) is 0 Å². The molecule has 3 amide bonds. The first-order valence-corrected chi connectivity index (χ1v) is 6.87. The number of rotatable bonds is 3. The summed E-state index contributed by atoms with van der Waals surface area (Å²) < 4.78 is 0. The zero-order valence-electron chi connectivity index (χ0n) is 11.8. The van der Waals surface area contributed by atoms with Crippen LogP contribution in [0.3, 0.4) is 0 Å². The molecule has 0 aliphatic carbocycles. The van der Waals surface area contributed by atoms with Crippen LogP contribution in [0, 0.1) is 6.92 Å². The van der Waals surface area contributed by atoms with E-state index in [0.717, 1.165) is 11.1 Å². The van der Waals surface area contributed by atoms with Crippen LogP contribution < -0.4 is 10.6 Å². The van der Waals surface area contributed by atoms with Crippen LogP contribution in [-0.2, 0) is 4.79 Å². The molecule has 0 bridgehead atoms. The largest absolute Gasteiger partial charge is 0.329 e. The van der Waals surface area contributed by atoms with E-state index >= 15 is 0 Å². The van der Waals surface area contributed by atoms with Crippen LogP contribution in [0.25, 0.3) is 0 Å². The van der Waals surface area contributed by atoms with Crippen molar-refractivity contribution in [3.8, 4) is 0 Å². The summed E-state index contributed by atoms with van der Waals surface area (Å²) in [5, 5.41) is 5.58. The number of carbonyl (C=O) groups is 2. The summed E-state index contributed by atoms with van der Waals surface area (Å²) in [6.45, 7) is 6.57. The number of benzene rings is 1. The van der Waals surface area contributed by atoms with E-state index in [1.165, 1.54) is 0 Å². The molecule has 5 heteroatoms. The van der Waals surface area contributed by atoms with E-state index in [4.69, 9.17) is 0 Å². The molecule has 0 saturated carbocycles. The minimum absolute atomic E-state index is 0.0528. The Morgan fingerprint density at radius 3 is 2.71 bits per heavy atom. The van der Waals surface area contributed by atoms with Gasteiger partial charge in [-0.1, -0.05) is 35.9 Å². The minimum atomic E-state index is -0.392. The van der Waals surface area contributed by atoms with Gasteiger partial charge >= 0.3 is 6.03 Å². The molecule has 0 saturated heterocycles. The van der Waals surface area contributed by atoms with Crippen molar-refractivity contribution in [3.05, 3.63) is 59.3 Å². The zero-order chi connectivity index (χ0) is 15.0. The van der Waals surface area contributed by atoms with Crippen LogP contribution in [0.2, 0.25) is 0 Å². The van der Waals surface area contributed by atoms with Crippen LogP contribution in [0.5, 0.6) is 0 Å². The number of nitrogens with zero attached hydrogens (tertiary/aromatic N) is 1. The Labute approximate surface area is 123 Å². The summed E-state index contributed by atoms with van der Waals surface area (Å²) in [7, 11) is 0. The van der Waals surface area contributed by atoms with Gasteiger partial charge in [0.15, 0.2) is 0 Å². The first-order valence-electron chi connectivity index (χ1n) is 6.87. The lowest BCUT2D eigenvalue weighted by Crippen LogP contribution is -2.44. The third-order valence-corrected chi connectivity index (χ3v) is 3.78. The van der Waals surface area contributed by atoms with Gasteiger partial charge in [0.25, 0.3) is 5.91 Å². The smallest absolute Gasteiger partial charge is 0.319 e. The van der Waals surface area contributed by atoms with E-state index in [1.807, 2.05) is 31.2 Å². The first kappa shape index (κ1) is 13.4. The molecule has 0 radical (unpaired) electrons. The number of hydrogen-bond donors (Lipinski definition) is 2. The molecule has 1 atom stereocenters. The van der Waals surface area contributed by atoms with Crippen LogP contribution in [-0.4, -0.2) is 29.9 Å². The van der Waals surface area contributed by atoms with Gasteiger partial charge in [-0.15, -0.1) is 6.58 Å². The monoisotopic (exact) mass is 283 g/mol. The molecule has 1 aromatic carbocycles. The molecule has 5 nitrogen and oxygen atoms in total. The molecule has 0 spiro atoms. The number of amides is 3. The van der Waals surface area contributed by atoms with Crippen molar-refractivity contribution in [2.24, 2.45) is 0 Å². The predicted molar refractivity (Wildman–Crippen MR) is 79.4 cm³/mol. The van der Waals surface area contributed by atoms with Crippen molar-refractivity contribution in [3.63, 3.8) is 0 Å². The Morgan fingerprint density at radius 2 is 2.05 bits per heavy atom. The van der Waals surface area contributed by atoms with E-state index in [2.05, 4.69) is 17.2 Å². The Morgan fingerprint density at radius 1 is 1.33 bits per heavy atom. The number of aryl methyl sites for hydroxylation is 1. The fraction of sp³-hybridized carbons (Fsp3) is 0.250. The molecule has 1 aromatic rings. The molecule has 2 heterocycles. The summed E-state index contributed by atoms with van der Waals surface area (Å²) in [6.07, 6.45) is 1.69. The molecule has 108 valence electrons. The van der Waals surface area contributed by atoms with Gasteiger partial charge in [0, 0.05) is 6.54 Å². The summed E-state index contributed by atoms with van der Waals surface area (Å²) in [5.74, 6) is -0.0528. The fourth-order valence-corrected chi connectivity index (χ4v) is 2.74. The van der Waals surface area contributed by atoms with E-state index in [-0.39, 0.29) is 11.9 Å². The van der Waals surface area contributed by atoms with Crippen LogP contribution in [0.15, 0.2) is 48.2 Å². The van der Waals surface area contributed by atoms with Gasteiger partial charge in [0.1, 0.15) is 0 Å². The van der Waals surface area contributed by atoms with Gasteiger partial charge in [0.05, 0.1) is 23.9 Å². The molecule has 0 unspecified atom stereocenters. The molecule has 2 N–H and O–H groups in total. The average molecular weight is 283 g/mol. The maximum atomic E-state index is 12.5. The second kappa shape index (κ2) is 5.09. The van der Waals surface area contributed by atoms with Crippen molar-refractivity contribution in [2.75, 3.05) is 13.1 Å². The van der Waals surface area contributed by atoms with Gasteiger partial charge in [0.2, 0.25) is 0 Å². The normalized spacial score (nSPS) is 21.0. The highest BCUT2D eigenvalue weighted by atomic mass is 16.2. The summed E-state index contributed by atoms with van der Waals surface area (Å²) in [6, 6.07) is 7.18. The summed E-state index contributed by atoms with van der Waals surface area (Å²) >= 11 is 0. The Balaban J connectivity index is 1.98. The number of nitrogens with one attached hydrogen (secondary N) is 2. The minimum Gasteiger partial charge on any atom is -0.329 e.